The van der Waals surface area contributed by atoms with Crippen molar-refractivity contribution in [3.05, 3.63) is 31.8 Å². The van der Waals surface area contributed by atoms with E-state index in [9.17, 15) is 0 Å². The van der Waals surface area contributed by atoms with Gasteiger partial charge in [-0.1, -0.05) is 0 Å². The summed E-state index contributed by atoms with van der Waals surface area (Å²) >= 11 is 6.87. The molecule has 0 saturated carbocycles. The summed E-state index contributed by atoms with van der Waals surface area (Å²) in [4.78, 5) is 4.13. The molecule has 2 aromatic rings. The average molecular weight is 425 g/mol. The SMILES string of the molecule is Cc1nn2c(/C=[CH]/[Pb])cc(Cl)nc2c1C#N. The van der Waals surface area contributed by atoms with Gasteiger partial charge in [0.2, 0.25) is 0 Å². The molecule has 3 radical (unpaired) electrons. The Hall–Kier alpha value is -0.938. The molecule has 77 valence electrons. The van der Waals surface area contributed by atoms with Gasteiger partial charge in [-0.15, -0.1) is 0 Å². The number of nitriles is 1. The summed E-state index contributed by atoms with van der Waals surface area (Å²) in [5, 5.41) is 13.7. The van der Waals surface area contributed by atoms with Crippen molar-refractivity contribution in [2.45, 2.75) is 6.92 Å². The molecule has 0 aliphatic rings. The molecule has 0 bridgehead atoms. The van der Waals surface area contributed by atoms with Crippen LogP contribution in [0, 0.1) is 18.3 Å². The second-order valence-electron chi connectivity index (χ2n) is 3.14. The van der Waals surface area contributed by atoms with Gasteiger partial charge < -0.3 is 0 Å². The van der Waals surface area contributed by atoms with E-state index in [-0.39, 0.29) is 0 Å². The Kier molecular flexibility index (Phi) is 3.25. The van der Waals surface area contributed by atoms with E-state index in [1.807, 2.05) is 9.71 Å². The predicted molar refractivity (Wildman–Crippen MR) is 62.2 cm³/mol. The van der Waals surface area contributed by atoms with Crippen molar-refractivity contribution in [2.75, 3.05) is 0 Å². The summed E-state index contributed by atoms with van der Waals surface area (Å²) in [6.45, 7) is 1.79. The first kappa shape index (κ1) is 11.5. The molecular weight excluding hydrogens is 419 g/mol. The van der Waals surface area contributed by atoms with Gasteiger partial charge in [-0.2, -0.15) is 0 Å². The van der Waals surface area contributed by atoms with Gasteiger partial charge in [0.15, 0.2) is 0 Å². The Balaban J connectivity index is 2.90. The zero-order chi connectivity index (χ0) is 11.7. The minimum atomic E-state index is 0.374. The number of hydrogen-bond donors (Lipinski definition) is 0. The van der Waals surface area contributed by atoms with Crippen LogP contribution in [0.1, 0.15) is 17.0 Å². The van der Waals surface area contributed by atoms with Crippen LogP contribution in [-0.2, 0) is 0 Å². The van der Waals surface area contributed by atoms with Crippen LogP contribution in [0.5, 0.6) is 0 Å². The molecule has 2 aromatic heterocycles. The van der Waals surface area contributed by atoms with E-state index in [4.69, 9.17) is 16.9 Å². The summed E-state index contributed by atoms with van der Waals surface area (Å²) in [5.74, 6) is 0. The van der Waals surface area contributed by atoms with Crippen LogP contribution in [0.3, 0.4) is 0 Å². The molecule has 0 unspecified atom stereocenters. The number of halogens is 1. The van der Waals surface area contributed by atoms with Crippen LogP contribution in [0.15, 0.2) is 9.70 Å². The number of aromatic nitrogens is 3. The molecule has 2 heterocycles. The first-order chi connectivity index (χ1) is 7.67. The Morgan fingerprint density at radius 2 is 2.38 bits per heavy atom. The van der Waals surface area contributed by atoms with Gasteiger partial charge in [0, 0.05) is 0 Å². The minimum absolute atomic E-state index is 0.374. The zero-order valence-corrected chi connectivity index (χ0v) is 13.0. The quantitative estimate of drug-likeness (QED) is 0.517. The van der Waals surface area contributed by atoms with E-state index in [0.717, 1.165) is 31.5 Å². The van der Waals surface area contributed by atoms with Gasteiger partial charge in [0.05, 0.1) is 0 Å². The van der Waals surface area contributed by atoms with Crippen molar-refractivity contribution < 1.29 is 0 Å². The summed E-state index contributed by atoms with van der Waals surface area (Å²) < 4.78 is 3.67. The van der Waals surface area contributed by atoms with Crippen LogP contribution in [0.25, 0.3) is 11.7 Å². The van der Waals surface area contributed by atoms with Crippen LogP contribution in [0.4, 0.5) is 0 Å². The van der Waals surface area contributed by atoms with Crippen molar-refractivity contribution >= 4 is 49.1 Å². The fourth-order valence-electron chi connectivity index (χ4n) is 1.45. The van der Waals surface area contributed by atoms with E-state index in [1.165, 1.54) is 0 Å². The number of hydrogen-bond acceptors (Lipinski definition) is 3. The van der Waals surface area contributed by atoms with Gasteiger partial charge in [-0.25, -0.2) is 0 Å². The van der Waals surface area contributed by atoms with Crippen molar-refractivity contribution in [3.8, 4) is 6.07 Å². The summed E-state index contributed by atoms with van der Waals surface area (Å²) in [5.41, 5.74) is 2.50. The van der Waals surface area contributed by atoms with Gasteiger partial charge in [0.1, 0.15) is 0 Å². The Bertz CT molecular complexity index is 624. The maximum atomic E-state index is 9.02. The van der Waals surface area contributed by atoms with Crippen molar-refractivity contribution in [2.24, 2.45) is 0 Å². The van der Waals surface area contributed by atoms with E-state index in [2.05, 4.69) is 16.2 Å². The van der Waals surface area contributed by atoms with Gasteiger partial charge in [-0.3, -0.25) is 0 Å². The fourth-order valence-corrected chi connectivity index (χ4v) is 2.31. The van der Waals surface area contributed by atoms with E-state index >= 15 is 0 Å². The fraction of sp³-hybridized carbons (Fsp3) is 0.100. The van der Waals surface area contributed by atoms with Gasteiger partial charge in [0.25, 0.3) is 0 Å². The second-order valence-corrected chi connectivity index (χ2v) is 4.83. The summed E-state index contributed by atoms with van der Waals surface area (Å²) in [6, 6.07) is 3.83. The first-order valence-corrected chi connectivity index (χ1v) is 7.09. The summed E-state index contributed by atoms with van der Waals surface area (Å²) in [7, 11) is 0. The van der Waals surface area contributed by atoms with Crippen LogP contribution in [0.2, 0.25) is 5.15 Å². The molecule has 0 atom stereocenters. The molecule has 0 aliphatic carbocycles. The molecule has 0 amide bonds. The third kappa shape index (κ3) is 1.85. The van der Waals surface area contributed by atoms with E-state index < -0.39 is 0 Å². The third-order valence-electron chi connectivity index (χ3n) is 2.13. The summed E-state index contributed by atoms with van der Waals surface area (Å²) in [6.07, 6.45) is 1.93. The van der Waals surface area contributed by atoms with Crippen LogP contribution in [-0.4, -0.2) is 40.4 Å². The molecule has 0 spiro atoms. The number of rotatable bonds is 1. The van der Waals surface area contributed by atoms with Crippen molar-refractivity contribution in [1.29, 1.82) is 5.26 Å². The molecule has 0 aliphatic heterocycles. The molecular formula is C10H6ClN4Pb. The Labute approximate surface area is 113 Å². The standard InChI is InChI=1S/C10H6ClN4.Pb/c1-3-7-4-9(11)13-10-8(5-12)6(2)14-15(7)10;/h1,3-4H,2H3;. The zero-order valence-electron chi connectivity index (χ0n) is 8.40. The Morgan fingerprint density at radius 1 is 1.62 bits per heavy atom. The molecule has 0 fully saturated rings. The number of aryl methyl sites for hydroxylation is 1. The molecule has 4 nitrogen and oxygen atoms in total. The van der Waals surface area contributed by atoms with Crippen LogP contribution < -0.4 is 0 Å². The monoisotopic (exact) mass is 425 g/mol. The van der Waals surface area contributed by atoms with E-state index in [1.54, 1.807) is 17.5 Å². The average Bonchev–Trinajstić information content (AvgIpc) is 2.54. The number of fused-ring (bicyclic) bond motifs is 1. The van der Waals surface area contributed by atoms with E-state index in [0.29, 0.717) is 22.1 Å². The first-order valence-electron chi connectivity index (χ1n) is 4.47. The molecule has 16 heavy (non-hydrogen) atoms. The molecule has 0 N–H and O–H groups in total. The van der Waals surface area contributed by atoms with Gasteiger partial charge in [-0.05, 0) is 0 Å². The van der Waals surface area contributed by atoms with Crippen molar-refractivity contribution in [1.82, 2.24) is 14.6 Å². The molecule has 0 saturated heterocycles. The second kappa shape index (κ2) is 4.51. The molecule has 0 aromatic carbocycles. The molecule has 2 rings (SSSR count). The molecule has 6 heteroatoms. The normalized spacial score (nSPS) is 11.1. The van der Waals surface area contributed by atoms with Gasteiger partial charge >= 0.3 is 114 Å². The van der Waals surface area contributed by atoms with Crippen LogP contribution >= 0.6 is 11.6 Å². The number of nitrogens with zero attached hydrogens (tertiary/aromatic N) is 4. The Morgan fingerprint density at radius 3 is 3.00 bits per heavy atom. The predicted octanol–water partition coefficient (Wildman–Crippen LogP) is 1.70. The maximum absolute atomic E-state index is 9.02. The third-order valence-corrected chi connectivity index (χ3v) is 2.97. The van der Waals surface area contributed by atoms with Crippen molar-refractivity contribution in [3.63, 3.8) is 0 Å². The topological polar surface area (TPSA) is 54.0 Å².